The molecular formula is C23H30N2O6. The number of ether oxygens (including phenoxy) is 2. The van der Waals surface area contributed by atoms with Crippen LogP contribution in [0.3, 0.4) is 0 Å². The van der Waals surface area contributed by atoms with E-state index >= 15 is 0 Å². The SMILES string of the molecule is CCCC(=O)c1ccc2c(c1)N(CC(=O)N1CCC(C(=O)OCC)CC1)C(=O)C(C)O2. The highest BCUT2D eigenvalue weighted by atomic mass is 16.5. The molecule has 2 heterocycles. The third kappa shape index (κ3) is 5.06. The first-order chi connectivity index (χ1) is 14.8. The molecule has 1 aromatic carbocycles. The van der Waals surface area contributed by atoms with Gasteiger partial charge in [-0.05, 0) is 51.3 Å². The second kappa shape index (κ2) is 9.94. The number of piperidine rings is 1. The van der Waals surface area contributed by atoms with Gasteiger partial charge in [0.15, 0.2) is 11.9 Å². The minimum atomic E-state index is -0.716. The molecule has 0 N–H and O–H groups in total. The number of fused-ring (bicyclic) bond motifs is 1. The summed E-state index contributed by atoms with van der Waals surface area (Å²) in [6.45, 7) is 6.45. The van der Waals surface area contributed by atoms with Crippen molar-refractivity contribution in [2.45, 2.75) is 52.6 Å². The molecule has 8 nitrogen and oxygen atoms in total. The number of likely N-dealkylation sites (tertiary alicyclic amines) is 1. The van der Waals surface area contributed by atoms with Gasteiger partial charge in [-0.3, -0.25) is 24.1 Å². The summed E-state index contributed by atoms with van der Waals surface area (Å²) < 4.78 is 10.8. The monoisotopic (exact) mass is 430 g/mol. The first kappa shape index (κ1) is 22.8. The van der Waals surface area contributed by atoms with Crippen LogP contribution in [0.1, 0.15) is 56.8 Å². The first-order valence-corrected chi connectivity index (χ1v) is 10.9. The van der Waals surface area contributed by atoms with Crippen molar-refractivity contribution in [2.75, 3.05) is 31.1 Å². The van der Waals surface area contributed by atoms with E-state index in [0.717, 1.165) is 6.42 Å². The number of benzene rings is 1. The van der Waals surface area contributed by atoms with Crippen molar-refractivity contribution in [1.82, 2.24) is 4.90 Å². The number of Topliss-reactive ketones (excluding diaryl/α,β-unsaturated/α-hetero) is 1. The lowest BCUT2D eigenvalue weighted by molar-refractivity contribution is -0.151. The molecule has 168 valence electrons. The Bertz CT molecular complexity index is 860. The van der Waals surface area contributed by atoms with Crippen molar-refractivity contribution in [3.63, 3.8) is 0 Å². The summed E-state index contributed by atoms with van der Waals surface area (Å²) in [4.78, 5) is 53.1. The third-order valence-corrected chi connectivity index (χ3v) is 5.73. The number of rotatable bonds is 7. The standard InChI is InChI=1S/C23H30N2O6/c1-4-6-19(26)17-7-8-20-18(13-17)25(22(28)15(3)31-20)14-21(27)24-11-9-16(10-12-24)23(29)30-5-2/h7-8,13,15-16H,4-6,9-12,14H2,1-3H3. The largest absolute Gasteiger partial charge is 0.479 e. The molecule has 2 aliphatic rings. The molecule has 0 radical (unpaired) electrons. The van der Waals surface area contributed by atoms with E-state index in [0.29, 0.717) is 56.0 Å². The third-order valence-electron chi connectivity index (χ3n) is 5.73. The summed E-state index contributed by atoms with van der Waals surface area (Å²) in [5, 5.41) is 0. The summed E-state index contributed by atoms with van der Waals surface area (Å²) in [5.74, 6) is -0.451. The molecule has 3 rings (SSSR count). The van der Waals surface area contributed by atoms with Crippen molar-refractivity contribution < 1.29 is 28.7 Å². The number of anilines is 1. The maximum absolute atomic E-state index is 13.0. The number of ketones is 1. The quantitative estimate of drug-likeness (QED) is 0.488. The van der Waals surface area contributed by atoms with Crippen LogP contribution < -0.4 is 9.64 Å². The van der Waals surface area contributed by atoms with Crippen molar-refractivity contribution in [1.29, 1.82) is 0 Å². The smallest absolute Gasteiger partial charge is 0.309 e. The molecule has 2 aliphatic heterocycles. The Labute approximate surface area is 182 Å². The van der Waals surface area contributed by atoms with Crippen LogP contribution in [0.5, 0.6) is 5.75 Å². The van der Waals surface area contributed by atoms with E-state index < -0.39 is 6.10 Å². The number of carbonyl (C=O) groups excluding carboxylic acids is 4. The zero-order chi connectivity index (χ0) is 22.5. The van der Waals surface area contributed by atoms with Crippen LogP contribution in [-0.2, 0) is 19.1 Å². The summed E-state index contributed by atoms with van der Waals surface area (Å²) in [6.07, 6.45) is 1.52. The number of amides is 2. The van der Waals surface area contributed by atoms with Crippen LogP contribution in [0.15, 0.2) is 18.2 Å². The molecule has 0 bridgehead atoms. The Morgan fingerprint density at radius 1 is 1.16 bits per heavy atom. The van der Waals surface area contributed by atoms with E-state index in [9.17, 15) is 19.2 Å². The van der Waals surface area contributed by atoms with Gasteiger partial charge in [0.2, 0.25) is 5.91 Å². The highest BCUT2D eigenvalue weighted by Crippen LogP contribution is 2.35. The van der Waals surface area contributed by atoms with Gasteiger partial charge in [-0.2, -0.15) is 0 Å². The second-order valence-corrected chi connectivity index (χ2v) is 7.95. The second-order valence-electron chi connectivity index (χ2n) is 7.95. The molecule has 0 spiro atoms. The number of esters is 1. The predicted octanol–water partition coefficient (Wildman–Crippen LogP) is 2.58. The van der Waals surface area contributed by atoms with E-state index in [1.807, 2.05) is 6.92 Å². The van der Waals surface area contributed by atoms with E-state index in [4.69, 9.17) is 9.47 Å². The number of carbonyl (C=O) groups is 4. The molecule has 1 atom stereocenters. The van der Waals surface area contributed by atoms with Gasteiger partial charge in [0.25, 0.3) is 5.91 Å². The number of hydrogen-bond donors (Lipinski definition) is 0. The van der Waals surface area contributed by atoms with E-state index in [1.165, 1.54) is 4.90 Å². The molecule has 2 amide bonds. The average molecular weight is 431 g/mol. The summed E-state index contributed by atoms with van der Waals surface area (Å²) in [5.41, 5.74) is 0.944. The van der Waals surface area contributed by atoms with Crippen molar-refractivity contribution >= 4 is 29.3 Å². The normalized spacial score (nSPS) is 18.9. The van der Waals surface area contributed by atoms with Gasteiger partial charge in [0.05, 0.1) is 18.2 Å². The fraction of sp³-hybridized carbons (Fsp3) is 0.565. The summed E-state index contributed by atoms with van der Waals surface area (Å²) >= 11 is 0. The highest BCUT2D eigenvalue weighted by Gasteiger charge is 2.35. The Balaban J connectivity index is 1.73. The van der Waals surface area contributed by atoms with Crippen LogP contribution in [0.2, 0.25) is 0 Å². The lowest BCUT2D eigenvalue weighted by Gasteiger charge is -2.36. The fourth-order valence-electron chi connectivity index (χ4n) is 3.97. The molecule has 1 aromatic rings. The molecule has 1 unspecified atom stereocenters. The van der Waals surface area contributed by atoms with E-state index in [1.54, 1.807) is 36.9 Å². The van der Waals surface area contributed by atoms with Gasteiger partial charge in [-0.1, -0.05) is 6.92 Å². The Morgan fingerprint density at radius 3 is 2.52 bits per heavy atom. The molecule has 1 saturated heterocycles. The minimum Gasteiger partial charge on any atom is -0.479 e. The lowest BCUT2D eigenvalue weighted by Crippen LogP contribution is -2.51. The lowest BCUT2D eigenvalue weighted by atomic mass is 9.97. The zero-order valence-electron chi connectivity index (χ0n) is 18.4. The van der Waals surface area contributed by atoms with Gasteiger partial charge in [-0.15, -0.1) is 0 Å². The van der Waals surface area contributed by atoms with Crippen LogP contribution in [-0.4, -0.2) is 60.8 Å². The van der Waals surface area contributed by atoms with Crippen LogP contribution in [0.4, 0.5) is 5.69 Å². The average Bonchev–Trinajstić information content (AvgIpc) is 2.77. The fourth-order valence-corrected chi connectivity index (χ4v) is 3.97. The molecule has 8 heteroatoms. The first-order valence-electron chi connectivity index (χ1n) is 10.9. The van der Waals surface area contributed by atoms with Crippen LogP contribution in [0, 0.1) is 5.92 Å². The molecule has 0 saturated carbocycles. The van der Waals surface area contributed by atoms with Gasteiger partial charge in [-0.25, -0.2) is 0 Å². The molecular weight excluding hydrogens is 400 g/mol. The van der Waals surface area contributed by atoms with Crippen molar-refractivity contribution in [2.24, 2.45) is 5.92 Å². The summed E-state index contributed by atoms with van der Waals surface area (Å²) in [6, 6.07) is 5.01. The topological polar surface area (TPSA) is 93.2 Å². The number of hydrogen-bond acceptors (Lipinski definition) is 6. The van der Waals surface area contributed by atoms with Gasteiger partial charge in [0.1, 0.15) is 12.3 Å². The molecule has 0 aliphatic carbocycles. The number of nitrogens with zero attached hydrogens (tertiary/aromatic N) is 2. The van der Waals surface area contributed by atoms with E-state index in [-0.39, 0.29) is 36.0 Å². The Kier molecular flexibility index (Phi) is 7.30. The van der Waals surface area contributed by atoms with Gasteiger partial charge >= 0.3 is 5.97 Å². The molecule has 0 aromatic heterocycles. The zero-order valence-corrected chi connectivity index (χ0v) is 18.4. The molecule has 1 fully saturated rings. The highest BCUT2D eigenvalue weighted by molar-refractivity contribution is 6.05. The predicted molar refractivity (Wildman–Crippen MR) is 114 cm³/mol. The van der Waals surface area contributed by atoms with Gasteiger partial charge in [0, 0.05) is 25.1 Å². The van der Waals surface area contributed by atoms with Gasteiger partial charge < -0.3 is 14.4 Å². The van der Waals surface area contributed by atoms with Crippen molar-refractivity contribution in [3.05, 3.63) is 23.8 Å². The maximum Gasteiger partial charge on any atom is 0.309 e. The Hall–Kier alpha value is -2.90. The van der Waals surface area contributed by atoms with E-state index in [2.05, 4.69) is 0 Å². The van der Waals surface area contributed by atoms with Crippen LogP contribution >= 0.6 is 0 Å². The maximum atomic E-state index is 13.0. The van der Waals surface area contributed by atoms with Crippen molar-refractivity contribution in [3.8, 4) is 5.75 Å². The summed E-state index contributed by atoms with van der Waals surface area (Å²) in [7, 11) is 0. The van der Waals surface area contributed by atoms with Crippen LogP contribution in [0.25, 0.3) is 0 Å². The molecule has 31 heavy (non-hydrogen) atoms. The minimum absolute atomic E-state index is 0.0105. The Morgan fingerprint density at radius 2 is 1.87 bits per heavy atom.